The molecule has 1 aromatic heterocycles. The van der Waals surface area contributed by atoms with Crippen molar-refractivity contribution >= 4 is 40.9 Å². The molecule has 2 N–H and O–H groups in total. The molecule has 12 nitrogen and oxygen atoms in total. The van der Waals surface area contributed by atoms with Gasteiger partial charge < -0.3 is 0 Å². The summed E-state index contributed by atoms with van der Waals surface area (Å²) in [6, 6.07) is 15.9. The van der Waals surface area contributed by atoms with Gasteiger partial charge in [-0.05, 0) is 32.0 Å². The number of aryl methyl sites for hydroxylation is 1. The molecule has 13 heteroatoms. The standard InChI is InChI=1S/C17H13ClN4.C11H16N4O4/c1-11-20-21-16-10-19-17(12-5-3-2-4-6-12)14-9-13(18)7-8-15(14)22(11)16;1-7(15-5-10(18)13-11(19)6-15)2-14-3-8(16)12-9(17)4-14/h2-9H,10H2,1H3;7H,2-6H2,1H3,(H,12,16,17)(H,13,18,19)/t;7-/m.0/s1. The van der Waals surface area contributed by atoms with Crippen LogP contribution in [-0.4, -0.2) is 92.7 Å². The van der Waals surface area contributed by atoms with Crippen molar-refractivity contribution in [1.29, 1.82) is 0 Å². The van der Waals surface area contributed by atoms with E-state index in [1.54, 1.807) is 9.80 Å². The molecule has 0 unspecified atom stereocenters. The van der Waals surface area contributed by atoms with E-state index >= 15 is 0 Å². The summed E-state index contributed by atoms with van der Waals surface area (Å²) in [6.45, 7) is 5.39. The number of aromatic nitrogens is 3. The van der Waals surface area contributed by atoms with Crippen LogP contribution in [0.15, 0.2) is 53.5 Å². The van der Waals surface area contributed by atoms with Crippen LogP contribution in [0.2, 0.25) is 5.02 Å². The van der Waals surface area contributed by atoms with Crippen LogP contribution in [0.1, 0.15) is 29.7 Å². The largest absolute Gasteiger partial charge is 0.294 e. The number of hydrogen-bond acceptors (Lipinski definition) is 9. The SMILES string of the molecule is C[C@@H](CN1CC(=O)NC(=O)C1)N1CC(=O)NC(=O)C1.Cc1nnc2n1-c1ccc(Cl)cc1C(c1ccccc1)=NC2. The lowest BCUT2D eigenvalue weighted by Crippen LogP contribution is -2.58. The van der Waals surface area contributed by atoms with Gasteiger partial charge in [0.2, 0.25) is 23.6 Å². The van der Waals surface area contributed by atoms with Crippen molar-refractivity contribution in [3.05, 3.63) is 76.3 Å². The van der Waals surface area contributed by atoms with Crippen LogP contribution in [-0.2, 0) is 25.7 Å². The summed E-state index contributed by atoms with van der Waals surface area (Å²) in [4.78, 5) is 53.2. The molecule has 0 radical (unpaired) electrons. The minimum atomic E-state index is -0.324. The normalized spacial score (nSPS) is 18.2. The number of imide groups is 2. The molecular formula is C28H29ClN8O4. The number of hydrogen-bond donors (Lipinski definition) is 2. The Kier molecular flexibility index (Phi) is 8.34. The van der Waals surface area contributed by atoms with Gasteiger partial charge in [-0.1, -0.05) is 41.9 Å². The fraction of sp³-hybridized carbons (Fsp3) is 0.321. The van der Waals surface area contributed by atoms with Crippen molar-refractivity contribution in [2.75, 3.05) is 32.7 Å². The zero-order valence-electron chi connectivity index (χ0n) is 22.6. The molecule has 212 valence electrons. The molecule has 4 heterocycles. The third-order valence-corrected chi connectivity index (χ3v) is 7.14. The zero-order valence-corrected chi connectivity index (χ0v) is 23.4. The summed E-state index contributed by atoms with van der Waals surface area (Å²) in [7, 11) is 0. The maximum absolute atomic E-state index is 11.3. The van der Waals surface area contributed by atoms with Crippen molar-refractivity contribution in [3.63, 3.8) is 0 Å². The van der Waals surface area contributed by atoms with Gasteiger partial charge in [0, 0.05) is 28.7 Å². The molecule has 2 fully saturated rings. The van der Waals surface area contributed by atoms with Gasteiger partial charge in [0.15, 0.2) is 5.82 Å². The number of nitrogens with zero attached hydrogens (tertiary/aromatic N) is 6. The van der Waals surface area contributed by atoms with Gasteiger partial charge in [-0.25, -0.2) is 0 Å². The summed E-state index contributed by atoms with van der Waals surface area (Å²) >= 11 is 6.23. The molecule has 0 bridgehead atoms. The van der Waals surface area contributed by atoms with E-state index in [9.17, 15) is 19.2 Å². The van der Waals surface area contributed by atoms with Gasteiger partial charge in [-0.3, -0.25) is 49.2 Å². The van der Waals surface area contributed by atoms with E-state index in [1.165, 1.54) is 0 Å². The highest BCUT2D eigenvalue weighted by atomic mass is 35.5. The monoisotopic (exact) mass is 576 g/mol. The second-order valence-corrected chi connectivity index (χ2v) is 10.5. The summed E-state index contributed by atoms with van der Waals surface area (Å²) < 4.78 is 2.05. The lowest BCUT2D eigenvalue weighted by atomic mass is 10.0. The molecule has 1 atom stereocenters. The Morgan fingerprint density at radius 2 is 1.51 bits per heavy atom. The highest BCUT2D eigenvalue weighted by molar-refractivity contribution is 6.31. The first kappa shape index (κ1) is 28.3. The second-order valence-electron chi connectivity index (χ2n) is 10.1. The van der Waals surface area contributed by atoms with E-state index in [0.29, 0.717) is 18.1 Å². The molecule has 6 rings (SSSR count). The molecule has 2 aromatic carbocycles. The fourth-order valence-corrected chi connectivity index (χ4v) is 5.25. The number of carbonyl (C=O) groups is 4. The number of fused-ring (bicyclic) bond motifs is 3. The Morgan fingerprint density at radius 3 is 2.17 bits per heavy atom. The van der Waals surface area contributed by atoms with Gasteiger partial charge >= 0.3 is 0 Å². The van der Waals surface area contributed by atoms with Crippen LogP contribution in [0, 0.1) is 6.92 Å². The first-order valence-corrected chi connectivity index (χ1v) is 13.5. The van der Waals surface area contributed by atoms with Crippen molar-refractivity contribution in [3.8, 4) is 5.69 Å². The average Bonchev–Trinajstić information content (AvgIpc) is 3.20. The van der Waals surface area contributed by atoms with Gasteiger partial charge in [-0.15, -0.1) is 10.2 Å². The van der Waals surface area contributed by atoms with E-state index in [-0.39, 0.29) is 55.8 Å². The van der Waals surface area contributed by atoms with Crippen LogP contribution in [0.4, 0.5) is 0 Å². The van der Waals surface area contributed by atoms with E-state index in [2.05, 4.69) is 33.0 Å². The number of benzene rings is 2. The van der Waals surface area contributed by atoms with E-state index in [1.807, 2.05) is 54.8 Å². The van der Waals surface area contributed by atoms with E-state index in [0.717, 1.165) is 34.2 Å². The van der Waals surface area contributed by atoms with Crippen molar-refractivity contribution in [1.82, 2.24) is 35.2 Å². The molecular weight excluding hydrogens is 548 g/mol. The number of halogens is 1. The molecule has 41 heavy (non-hydrogen) atoms. The smallest absolute Gasteiger partial charge is 0.240 e. The molecule has 0 saturated carbocycles. The number of piperazine rings is 2. The average molecular weight is 577 g/mol. The van der Waals surface area contributed by atoms with Crippen LogP contribution < -0.4 is 10.6 Å². The summed E-state index contributed by atoms with van der Waals surface area (Å²) in [5.74, 6) is 0.396. The number of amides is 4. The number of carbonyl (C=O) groups excluding carboxylic acids is 4. The number of rotatable bonds is 4. The van der Waals surface area contributed by atoms with Gasteiger partial charge in [0.05, 0.1) is 37.6 Å². The van der Waals surface area contributed by atoms with Gasteiger partial charge in [0.1, 0.15) is 12.4 Å². The van der Waals surface area contributed by atoms with Crippen LogP contribution in [0.25, 0.3) is 5.69 Å². The predicted molar refractivity (Wildman–Crippen MR) is 151 cm³/mol. The van der Waals surface area contributed by atoms with Gasteiger partial charge in [0.25, 0.3) is 0 Å². The molecule has 3 aliphatic rings. The zero-order chi connectivity index (χ0) is 29.1. The number of aliphatic imine (C=N–C) groups is 1. The van der Waals surface area contributed by atoms with Gasteiger partial charge in [-0.2, -0.15) is 0 Å². The highest BCUT2D eigenvalue weighted by Crippen LogP contribution is 2.28. The molecule has 0 spiro atoms. The Bertz CT molecular complexity index is 1510. The van der Waals surface area contributed by atoms with Crippen LogP contribution >= 0.6 is 11.6 Å². The molecule has 3 aliphatic heterocycles. The maximum atomic E-state index is 11.3. The first-order valence-electron chi connectivity index (χ1n) is 13.1. The van der Waals surface area contributed by atoms with Crippen molar-refractivity contribution < 1.29 is 19.2 Å². The maximum Gasteiger partial charge on any atom is 0.240 e. The predicted octanol–water partition coefficient (Wildman–Crippen LogP) is 0.872. The Labute approximate surface area is 241 Å². The lowest BCUT2D eigenvalue weighted by molar-refractivity contribution is -0.140. The Morgan fingerprint density at radius 1 is 0.878 bits per heavy atom. The second kappa shape index (κ2) is 12.1. The van der Waals surface area contributed by atoms with Crippen molar-refractivity contribution in [2.24, 2.45) is 4.99 Å². The van der Waals surface area contributed by atoms with E-state index < -0.39 is 0 Å². The fourth-order valence-electron chi connectivity index (χ4n) is 5.08. The highest BCUT2D eigenvalue weighted by Gasteiger charge is 2.30. The summed E-state index contributed by atoms with van der Waals surface area (Å²) in [5, 5.41) is 13.6. The summed E-state index contributed by atoms with van der Waals surface area (Å²) in [6.07, 6.45) is 0. The van der Waals surface area contributed by atoms with Crippen molar-refractivity contribution in [2.45, 2.75) is 26.4 Å². The molecule has 2 saturated heterocycles. The van der Waals surface area contributed by atoms with Crippen LogP contribution in [0.3, 0.4) is 0 Å². The minimum Gasteiger partial charge on any atom is -0.294 e. The first-order chi connectivity index (χ1) is 19.7. The summed E-state index contributed by atoms with van der Waals surface area (Å²) in [5.41, 5.74) is 4.02. The Hall–Kier alpha value is -4.26. The lowest BCUT2D eigenvalue weighted by Gasteiger charge is -2.35. The third-order valence-electron chi connectivity index (χ3n) is 6.90. The topological polar surface area (TPSA) is 142 Å². The molecule has 4 amide bonds. The number of nitrogens with one attached hydrogen (secondary N) is 2. The molecule has 0 aliphatic carbocycles. The van der Waals surface area contributed by atoms with E-state index in [4.69, 9.17) is 16.6 Å². The molecule has 3 aromatic rings. The Balaban J connectivity index is 0.000000167. The third kappa shape index (κ3) is 6.56. The van der Waals surface area contributed by atoms with Crippen LogP contribution in [0.5, 0.6) is 0 Å². The minimum absolute atomic E-state index is 0.0892. The quantitative estimate of drug-likeness (QED) is 0.436.